The lowest BCUT2D eigenvalue weighted by atomic mass is 9.66. The van der Waals surface area contributed by atoms with Gasteiger partial charge in [-0.1, -0.05) is 35.9 Å². The largest absolute Gasteiger partial charge is 0.315 e. The second kappa shape index (κ2) is 3.37. The highest BCUT2D eigenvalue weighted by Gasteiger charge is 2.58. The van der Waals surface area contributed by atoms with Crippen LogP contribution in [-0.4, -0.2) is 13.1 Å². The summed E-state index contributed by atoms with van der Waals surface area (Å²) in [4.78, 5) is 0. The van der Waals surface area contributed by atoms with E-state index in [1.165, 1.54) is 18.5 Å². The van der Waals surface area contributed by atoms with E-state index in [0.717, 1.165) is 29.3 Å². The van der Waals surface area contributed by atoms with Crippen molar-refractivity contribution in [3.8, 4) is 0 Å². The van der Waals surface area contributed by atoms with Crippen molar-refractivity contribution in [3.05, 3.63) is 47.0 Å². The Morgan fingerprint density at radius 3 is 2.82 bits per heavy atom. The number of hydrogen-bond acceptors (Lipinski definition) is 1. The van der Waals surface area contributed by atoms with Gasteiger partial charge in [0.2, 0.25) is 0 Å². The number of allylic oxidation sites excluding steroid dienone is 2. The zero-order valence-electron chi connectivity index (χ0n) is 9.70. The summed E-state index contributed by atoms with van der Waals surface area (Å²) in [6.45, 7) is 2.30. The van der Waals surface area contributed by atoms with E-state index in [1.54, 1.807) is 0 Å². The van der Waals surface area contributed by atoms with Gasteiger partial charge in [-0.2, -0.15) is 0 Å². The highest BCUT2D eigenvalue weighted by molar-refractivity contribution is 6.30. The van der Waals surface area contributed by atoms with Crippen molar-refractivity contribution in [2.24, 2.45) is 17.8 Å². The highest BCUT2D eigenvalue weighted by Crippen LogP contribution is 2.58. The number of halogens is 1. The Hall–Kier alpha value is -0.790. The van der Waals surface area contributed by atoms with Crippen molar-refractivity contribution in [2.75, 3.05) is 13.1 Å². The molecule has 17 heavy (non-hydrogen) atoms. The van der Waals surface area contributed by atoms with E-state index in [2.05, 4.69) is 29.6 Å². The molecule has 0 amide bonds. The first-order valence-corrected chi connectivity index (χ1v) is 6.83. The predicted octanol–water partition coefficient (Wildman–Crippen LogP) is 3.00. The molecule has 88 valence electrons. The van der Waals surface area contributed by atoms with Crippen LogP contribution in [0.4, 0.5) is 0 Å². The maximum atomic E-state index is 6.01. The molecule has 2 bridgehead atoms. The molecule has 0 aromatic heterocycles. The van der Waals surface area contributed by atoms with E-state index in [1.807, 2.05) is 12.1 Å². The number of nitrogens with one attached hydrogen (secondary N) is 1. The highest BCUT2D eigenvalue weighted by atomic mass is 35.5. The predicted molar refractivity (Wildman–Crippen MR) is 70.2 cm³/mol. The average molecular weight is 246 g/mol. The van der Waals surface area contributed by atoms with Gasteiger partial charge >= 0.3 is 0 Å². The summed E-state index contributed by atoms with van der Waals surface area (Å²) in [5.41, 5.74) is 1.83. The van der Waals surface area contributed by atoms with Crippen molar-refractivity contribution in [1.82, 2.24) is 5.32 Å². The lowest BCUT2D eigenvalue weighted by Crippen LogP contribution is -2.38. The maximum Gasteiger partial charge on any atom is 0.0406 e. The minimum Gasteiger partial charge on any atom is -0.315 e. The molecule has 4 unspecified atom stereocenters. The minimum absolute atomic E-state index is 0.351. The number of rotatable bonds is 1. The smallest absolute Gasteiger partial charge is 0.0406 e. The molecule has 1 N–H and O–H groups in total. The van der Waals surface area contributed by atoms with Crippen molar-refractivity contribution >= 4 is 11.6 Å². The Balaban J connectivity index is 1.85. The topological polar surface area (TPSA) is 12.0 Å². The molecule has 1 aromatic rings. The quantitative estimate of drug-likeness (QED) is 0.750. The fourth-order valence-electron chi connectivity index (χ4n) is 4.39. The van der Waals surface area contributed by atoms with Gasteiger partial charge in [0, 0.05) is 17.0 Å². The summed E-state index contributed by atoms with van der Waals surface area (Å²) in [6.07, 6.45) is 6.24. The van der Waals surface area contributed by atoms with Crippen LogP contribution in [0.3, 0.4) is 0 Å². The average Bonchev–Trinajstić information content (AvgIpc) is 3.02. The van der Waals surface area contributed by atoms with E-state index >= 15 is 0 Å². The molecule has 0 spiro atoms. The third-order valence-corrected chi connectivity index (χ3v) is 5.37. The van der Waals surface area contributed by atoms with Gasteiger partial charge in [-0.3, -0.25) is 0 Å². The zero-order chi connectivity index (χ0) is 11.5. The molecule has 1 nitrogen and oxygen atoms in total. The fourth-order valence-corrected chi connectivity index (χ4v) is 4.51. The van der Waals surface area contributed by atoms with Crippen molar-refractivity contribution in [2.45, 2.75) is 11.8 Å². The number of fused-ring (bicyclic) bond motifs is 5. The summed E-state index contributed by atoms with van der Waals surface area (Å²) in [5.74, 6) is 2.32. The third-order valence-electron chi connectivity index (χ3n) is 5.12. The first-order valence-electron chi connectivity index (χ1n) is 6.46. The maximum absolute atomic E-state index is 6.01. The zero-order valence-corrected chi connectivity index (χ0v) is 10.5. The number of hydrogen-bond donors (Lipinski definition) is 1. The molecular weight excluding hydrogens is 230 g/mol. The van der Waals surface area contributed by atoms with Crippen LogP contribution in [0.1, 0.15) is 12.0 Å². The summed E-state index contributed by atoms with van der Waals surface area (Å²) in [6, 6.07) is 8.54. The Kier molecular flexibility index (Phi) is 2.01. The van der Waals surface area contributed by atoms with Gasteiger partial charge in [-0.25, -0.2) is 0 Å². The molecule has 2 fully saturated rings. The van der Waals surface area contributed by atoms with Gasteiger partial charge in [-0.05, 0) is 48.4 Å². The first-order chi connectivity index (χ1) is 8.30. The fraction of sp³-hybridized carbons (Fsp3) is 0.467. The van der Waals surface area contributed by atoms with Crippen LogP contribution in [0.25, 0.3) is 0 Å². The lowest BCUT2D eigenvalue weighted by Gasteiger charge is -2.36. The summed E-state index contributed by atoms with van der Waals surface area (Å²) >= 11 is 6.01. The van der Waals surface area contributed by atoms with Gasteiger partial charge in [0.25, 0.3) is 0 Å². The van der Waals surface area contributed by atoms with Gasteiger partial charge in [0.05, 0.1) is 0 Å². The van der Waals surface area contributed by atoms with E-state index in [4.69, 9.17) is 11.6 Å². The molecule has 4 rings (SSSR count). The van der Waals surface area contributed by atoms with Crippen LogP contribution in [0.2, 0.25) is 5.02 Å². The Morgan fingerprint density at radius 2 is 2.00 bits per heavy atom. The molecule has 1 saturated heterocycles. The molecule has 2 aliphatic carbocycles. The second-order valence-corrected chi connectivity index (χ2v) is 6.11. The van der Waals surface area contributed by atoms with Crippen molar-refractivity contribution in [3.63, 3.8) is 0 Å². The Bertz CT molecular complexity index is 478. The molecule has 1 saturated carbocycles. The molecule has 1 heterocycles. The summed E-state index contributed by atoms with van der Waals surface area (Å²) in [7, 11) is 0. The Labute approximate surface area is 107 Å². The van der Waals surface area contributed by atoms with Gasteiger partial charge in [0.1, 0.15) is 0 Å². The van der Waals surface area contributed by atoms with E-state index in [9.17, 15) is 0 Å². The third kappa shape index (κ3) is 1.19. The Morgan fingerprint density at radius 1 is 1.18 bits per heavy atom. The van der Waals surface area contributed by atoms with Crippen LogP contribution in [-0.2, 0) is 5.41 Å². The van der Waals surface area contributed by atoms with Crippen molar-refractivity contribution in [1.29, 1.82) is 0 Å². The first kappa shape index (κ1) is 10.2. The molecule has 0 radical (unpaired) electrons. The molecule has 1 aromatic carbocycles. The van der Waals surface area contributed by atoms with E-state index < -0.39 is 0 Å². The lowest BCUT2D eigenvalue weighted by molar-refractivity contribution is 0.318. The molecule has 4 atom stereocenters. The van der Waals surface area contributed by atoms with E-state index in [-0.39, 0.29) is 0 Å². The van der Waals surface area contributed by atoms with Crippen LogP contribution >= 0.6 is 11.6 Å². The van der Waals surface area contributed by atoms with E-state index in [0.29, 0.717) is 5.41 Å². The second-order valence-electron chi connectivity index (χ2n) is 5.68. The van der Waals surface area contributed by atoms with Crippen molar-refractivity contribution < 1.29 is 0 Å². The normalized spacial score (nSPS) is 42.1. The molecule has 3 aliphatic rings. The SMILES string of the molecule is Clc1ccc(C23CNCC2C2C=CC3C2)cc1. The number of benzene rings is 1. The molecule has 2 heteroatoms. The monoisotopic (exact) mass is 245 g/mol. The van der Waals surface area contributed by atoms with Gasteiger partial charge < -0.3 is 5.32 Å². The summed E-state index contributed by atoms with van der Waals surface area (Å²) < 4.78 is 0. The molecular formula is C15H16ClN. The van der Waals surface area contributed by atoms with Crippen LogP contribution < -0.4 is 5.32 Å². The standard InChI is InChI=1S/C15H16ClN/c16-13-5-3-11(4-6-13)15-9-17-8-14(15)10-1-2-12(15)7-10/h1-6,10,12,14,17H,7-9H2. The van der Waals surface area contributed by atoms with Crippen LogP contribution in [0.15, 0.2) is 36.4 Å². The van der Waals surface area contributed by atoms with Crippen LogP contribution in [0.5, 0.6) is 0 Å². The van der Waals surface area contributed by atoms with Crippen LogP contribution in [0, 0.1) is 17.8 Å². The minimum atomic E-state index is 0.351. The molecule has 1 aliphatic heterocycles. The van der Waals surface area contributed by atoms with Gasteiger partial charge in [-0.15, -0.1) is 0 Å². The van der Waals surface area contributed by atoms with Gasteiger partial charge in [0.15, 0.2) is 0 Å². The summed E-state index contributed by atoms with van der Waals surface area (Å²) in [5, 5.41) is 4.45.